The van der Waals surface area contributed by atoms with E-state index in [1.807, 2.05) is 13.0 Å². The van der Waals surface area contributed by atoms with Crippen molar-refractivity contribution in [2.45, 2.75) is 20.8 Å². The van der Waals surface area contributed by atoms with E-state index in [9.17, 15) is 0 Å². The first-order chi connectivity index (χ1) is 9.88. The molecule has 2 rings (SSSR count). The van der Waals surface area contributed by atoms with Crippen molar-refractivity contribution in [2.24, 2.45) is 5.10 Å². The smallest absolute Gasteiger partial charge is 0.0935 e. The van der Waals surface area contributed by atoms with Crippen molar-refractivity contribution in [1.29, 1.82) is 0 Å². The molecule has 0 aliphatic carbocycles. The third-order valence-electron chi connectivity index (χ3n) is 3.27. The number of anilines is 1. The highest BCUT2D eigenvalue weighted by atomic mass is 35.5. The van der Waals surface area contributed by atoms with Gasteiger partial charge in [-0.05, 0) is 55.7 Å². The number of halogens is 3. The van der Waals surface area contributed by atoms with Gasteiger partial charge >= 0.3 is 0 Å². The third-order valence-corrected chi connectivity index (χ3v) is 4.08. The minimum Gasteiger partial charge on any atom is -0.275 e. The Labute approximate surface area is 139 Å². The number of hydrogen-bond donors (Lipinski definition) is 1. The van der Waals surface area contributed by atoms with Crippen LogP contribution in [0.2, 0.25) is 15.1 Å². The molecule has 0 radical (unpaired) electrons. The van der Waals surface area contributed by atoms with Gasteiger partial charge in [0.05, 0.1) is 21.4 Å². The lowest BCUT2D eigenvalue weighted by molar-refractivity contribution is 1.30. The van der Waals surface area contributed by atoms with Crippen molar-refractivity contribution in [3.63, 3.8) is 0 Å². The first kappa shape index (κ1) is 16.2. The lowest BCUT2D eigenvalue weighted by atomic mass is 10.0. The van der Waals surface area contributed by atoms with E-state index in [1.54, 1.807) is 12.1 Å². The summed E-state index contributed by atoms with van der Waals surface area (Å²) in [6.07, 6.45) is 0. The maximum absolute atomic E-state index is 6.11. The maximum Gasteiger partial charge on any atom is 0.0935 e. The molecule has 2 aromatic rings. The van der Waals surface area contributed by atoms with E-state index in [1.165, 1.54) is 11.1 Å². The van der Waals surface area contributed by atoms with E-state index in [4.69, 9.17) is 34.8 Å². The molecule has 2 nitrogen and oxygen atoms in total. The van der Waals surface area contributed by atoms with Crippen molar-refractivity contribution in [1.82, 2.24) is 0 Å². The zero-order chi connectivity index (χ0) is 15.6. The number of nitrogens with one attached hydrogen (secondary N) is 1. The summed E-state index contributed by atoms with van der Waals surface area (Å²) in [5.41, 5.74) is 7.83. The van der Waals surface area contributed by atoms with Crippen LogP contribution in [0.15, 0.2) is 35.4 Å². The summed E-state index contributed by atoms with van der Waals surface area (Å²) < 4.78 is 0. The zero-order valence-corrected chi connectivity index (χ0v) is 14.2. The Morgan fingerprint density at radius 2 is 1.57 bits per heavy atom. The minimum absolute atomic E-state index is 0.434. The highest BCUT2D eigenvalue weighted by molar-refractivity contribution is 6.41. The molecule has 2 aromatic carbocycles. The van der Waals surface area contributed by atoms with E-state index in [0.29, 0.717) is 20.8 Å². The van der Waals surface area contributed by atoms with Crippen molar-refractivity contribution < 1.29 is 0 Å². The maximum atomic E-state index is 6.11. The van der Waals surface area contributed by atoms with E-state index in [0.717, 1.165) is 11.3 Å². The summed E-state index contributed by atoms with van der Waals surface area (Å²) in [7, 11) is 0. The lowest BCUT2D eigenvalue weighted by Gasteiger charge is -2.09. The summed E-state index contributed by atoms with van der Waals surface area (Å²) in [4.78, 5) is 0. The minimum atomic E-state index is 0.434. The standard InChI is InChI=1S/C16H15Cl3N2/c1-9-4-5-12(6-10(9)2)11(3)20-21-16-14(18)7-13(17)8-15(16)19/h4-8,21H,1-3H3/b20-11-. The average Bonchev–Trinajstić information content (AvgIpc) is 2.40. The van der Waals surface area contributed by atoms with E-state index >= 15 is 0 Å². The molecule has 0 unspecified atom stereocenters. The highest BCUT2D eigenvalue weighted by Gasteiger charge is 2.07. The SMILES string of the molecule is C/C(=N/Nc1c(Cl)cc(Cl)cc1Cl)c1ccc(C)c(C)c1. The fraction of sp³-hybridized carbons (Fsp3) is 0.188. The predicted molar refractivity (Wildman–Crippen MR) is 93.2 cm³/mol. The second-order valence-electron chi connectivity index (χ2n) is 4.85. The van der Waals surface area contributed by atoms with Gasteiger partial charge in [0.25, 0.3) is 0 Å². The first-order valence-corrected chi connectivity index (χ1v) is 7.54. The Hall–Kier alpha value is -1.22. The van der Waals surface area contributed by atoms with Gasteiger partial charge in [-0.15, -0.1) is 0 Å². The largest absolute Gasteiger partial charge is 0.275 e. The van der Waals surface area contributed by atoms with E-state index in [-0.39, 0.29) is 0 Å². The molecule has 0 spiro atoms. The fourth-order valence-electron chi connectivity index (χ4n) is 1.82. The Balaban J connectivity index is 2.26. The van der Waals surface area contributed by atoms with Crippen LogP contribution in [0.25, 0.3) is 0 Å². The topological polar surface area (TPSA) is 24.4 Å². The van der Waals surface area contributed by atoms with Crippen LogP contribution in [0, 0.1) is 13.8 Å². The number of hydrazone groups is 1. The van der Waals surface area contributed by atoms with Gasteiger partial charge in [-0.1, -0.05) is 46.9 Å². The van der Waals surface area contributed by atoms with Gasteiger partial charge in [-0.2, -0.15) is 5.10 Å². The average molecular weight is 342 g/mol. The molecule has 0 saturated carbocycles. The summed E-state index contributed by atoms with van der Waals surface area (Å²) in [6.45, 7) is 6.08. The molecule has 0 saturated heterocycles. The number of rotatable bonds is 3. The molecule has 5 heteroatoms. The summed E-state index contributed by atoms with van der Waals surface area (Å²) in [5.74, 6) is 0. The molecular formula is C16H15Cl3N2. The van der Waals surface area contributed by atoms with Gasteiger partial charge in [0.1, 0.15) is 0 Å². The van der Waals surface area contributed by atoms with Crippen molar-refractivity contribution >= 4 is 46.2 Å². The van der Waals surface area contributed by atoms with Crippen LogP contribution in [-0.4, -0.2) is 5.71 Å². The van der Waals surface area contributed by atoms with Gasteiger partial charge in [0.15, 0.2) is 0 Å². The normalized spacial score (nSPS) is 11.6. The molecule has 1 N–H and O–H groups in total. The number of aryl methyl sites for hydroxylation is 2. The fourth-order valence-corrected chi connectivity index (χ4v) is 2.72. The van der Waals surface area contributed by atoms with Gasteiger partial charge in [-0.25, -0.2) is 0 Å². The van der Waals surface area contributed by atoms with Gasteiger partial charge in [-0.3, -0.25) is 5.43 Å². The van der Waals surface area contributed by atoms with Crippen LogP contribution in [0.4, 0.5) is 5.69 Å². The Kier molecular flexibility index (Phi) is 5.15. The number of hydrogen-bond acceptors (Lipinski definition) is 2. The number of nitrogens with zero attached hydrogens (tertiary/aromatic N) is 1. The zero-order valence-electron chi connectivity index (χ0n) is 12.0. The number of benzene rings is 2. The van der Waals surface area contributed by atoms with Crippen LogP contribution < -0.4 is 5.43 Å². The molecule has 0 heterocycles. The molecule has 0 amide bonds. The lowest BCUT2D eigenvalue weighted by Crippen LogP contribution is -2.01. The van der Waals surface area contributed by atoms with Gasteiger partial charge in [0, 0.05) is 5.02 Å². The molecule has 0 bridgehead atoms. The van der Waals surface area contributed by atoms with Crippen LogP contribution in [0.5, 0.6) is 0 Å². The summed E-state index contributed by atoms with van der Waals surface area (Å²) >= 11 is 18.1. The van der Waals surface area contributed by atoms with E-state index < -0.39 is 0 Å². The monoisotopic (exact) mass is 340 g/mol. The summed E-state index contributed by atoms with van der Waals surface area (Å²) in [6, 6.07) is 9.46. The molecule has 0 fully saturated rings. The molecule has 0 aliphatic rings. The van der Waals surface area contributed by atoms with Crippen molar-refractivity contribution in [2.75, 3.05) is 5.43 Å². The molecule has 0 aliphatic heterocycles. The van der Waals surface area contributed by atoms with Crippen LogP contribution in [-0.2, 0) is 0 Å². The summed E-state index contributed by atoms with van der Waals surface area (Å²) in [5, 5.41) is 5.70. The molecular weight excluding hydrogens is 327 g/mol. The Morgan fingerprint density at radius 1 is 0.952 bits per heavy atom. The van der Waals surface area contributed by atoms with E-state index in [2.05, 4.69) is 36.5 Å². The van der Waals surface area contributed by atoms with Crippen LogP contribution in [0.1, 0.15) is 23.6 Å². The quantitative estimate of drug-likeness (QED) is 0.529. The Bertz CT molecular complexity index is 686. The van der Waals surface area contributed by atoms with Gasteiger partial charge < -0.3 is 0 Å². The van der Waals surface area contributed by atoms with Crippen LogP contribution >= 0.6 is 34.8 Å². The molecule has 21 heavy (non-hydrogen) atoms. The third kappa shape index (κ3) is 3.91. The molecule has 0 atom stereocenters. The molecule has 110 valence electrons. The first-order valence-electron chi connectivity index (χ1n) is 6.41. The second kappa shape index (κ2) is 6.69. The van der Waals surface area contributed by atoms with Gasteiger partial charge in [0.2, 0.25) is 0 Å². The Morgan fingerprint density at radius 3 is 2.14 bits per heavy atom. The highest BCUT2D eigenvalue weighted by Crippen LogP contribution is 2.33. The van der Waals surface area contributed by atoms with Crippen LogP contribution in [0.3, 0.4) is 0 Å². The van der Waals surface area contributed by atoms with Crippen molar-refractivity contribution in [3.8, 4) is 0 Å². The van der Waals surface area contributed by atoms with Crippen molar-refractivity contribution in [3.05, 3.63) is 62.1 Å². The predicted octanol–water partition coefficient (Wildman–Crippen LogP) is 6.10. The molecule has 0 aromatic heterocycles. The second-order valence-corrected chi connectivity index (χ2v) is 6.10.